The lowest BCUT2D eigenvalue weighted by Crippen LogP contribution is -2.28. The summed E-state index contributed by atoms with van der Waals surface area (Å²) in [5.41, 5.74) is 16.8. The summed E-state index contributed by atoms with van der Waals surface area (Å²) < 4.78 is 0. The Hall–Kier alpha value is -6.90. The third-order valence-corrected chi connectivity index (χ3v) is 10.8. The molecule has 10 rings (SSSR count). The van der Waals surface area contributed by atoms with E-state index in [9.17, 15) is 0 Å². The number of nitrogens with zero attached hydrogens (tertiary/aromatic N) is 2. The molecule has 2 nitrogen and oxygen atoms in total. The molecule has 0 saturated carbocycles. The molecule has 9 aromatic rings. The first kappa shape index (κ1) is 30.9. The van der Waals surface area contributed by atoms with Crippen molar-refractivity contribution in [2.45, 2.75) is 5.41 Å². The second-order valence-electron chi connectivity index (χ2n) is 13.6. The Morgan fingerprint density at radius 2 is 0.906 bits per heavy atom. The van der Waals surface area contributed by atoms with Gasteiger partial charge in [0.2, 0.25) is 0 Å². The minimum atomic E-state index is -0.470. The molecule has 1 aliphatic rings. The van der Waals surface area contributed by atoms with Crippen molar-refractivity contribution in [1.29, 1.82) is 0 Å². The van der Waals surface area contributed by atoms with Crippen molar-refractivity contribution in [2.75, 3.05) is 0 Å². The van der Waals surface area contributed by atoms with E-state index in [2.05, 4.69) is 182 Å². The fraction of sp³-hybridized carbons (Fsp3) is 0.0196. The van der Waals surface area contributed by atoms with Crippen LogP contribution in [0.2, 0.25) is 0 Å². The van der Waals surface area contributed by atoms with Crippen LogP contribution in [0.4, 0.5) is 0 Å². The van der Waals surface area contributed by atoms with Crippen molar-refractivity contribution in [3.8, 4) is 55.9 Å². The first-order valence-corrected chi connectivity index (χ1v) is 18.2. The molecule has 1 aliphatic carbocycles. The molecule has 0 aliphatic heterocycles. The third-order valence-electron chi connectivity index (χ3n) is 10.8. The van der Waals surface area contributed by atoms with Crippen molar-refractivity contribution < 1.29 is 0 Å². The summed E-state index contributed by atoms with van der Waals surface area (Å²) in [4.78, 5) is 10.1. The monoisotopic (exact) mass is 674 g/mol. The van der Waals surface area contributed by atoms with Crippen LogP contribution in [0.5, 0.6) is 0 Å². The van der Waals surface area contributed by atoms with Gasteiger partial charge >= 0.3 is 0 Å². The van der Waals surface area contributed by atoms with Crippen molar-refractivity contribution in [1.82, 2.24) is 9.97 Å². The molecule has 2 aromatic heterocycles. The van der Waals surface area contributed by atoms with Gasteiger partial charge in [-0.2, -0.15) is 0 Å². The van der Waals surface area contributed by atoms with Crippen LogP contribution in [0, 0.1) is 0 Å². The molecule has 2 heteroatoms. The lowest BCUT2D eigenvalue weighted by atomic mass is 9.67. The Kier molecular flexibility index (Phi) is 7.40. The quantitative estimate of drug-likeness (QED) is 0.175. The maximum atomic E-state index is 5.39. The lowest BCUT2D eigenvalue weighted by Gasteiger charge is -2.34. The highest BCUT2D eigenvalue weighted by atomic mass is 14.8. The largest absolute Gasteiger partial charge is 0.255 e. The van der Waals surface area contributed by atoms with Crippen molar-refractivity contribution in [3.05, 3.63) is 229 Å². The predicted molar refractivity (Wildman–Crippen MR) is 219 cm³/mol. The fourth-order valence-corrected chi connectivity index (χ4v) is 8.64. The fourth-order valence-electron chi connectivity index (χ4n) is 8.64. The van der Waals surface area contributed by atoms with Crippen molar-refractivity contribution >= 4 is 10.9 Å². The minimum Gasteiger partial charge on any atom is -0.255 e. The van der Waals surface area contributed by atoms with Gasteiger partial charge in [0.25, 0.3) is 0 Å². The zero-order chi connectivity index (χ0) is 35.2. The third kappa shape index (κ3) is 4.87. The zero-order valence-electron chi connectivity index (χ0n) is 29.0. The summed E-state index contributed by atoms with van der Waals surface area (Å²) in [7, 11) is 0. The van der Waals surface area contributed by atoms with E-state index in [-0.39, 0.29) is 0 Å². The average Bonchev–Trinajstić information content (AvgIpc) is 3.56. The number of rotatable bonds is 6. The molecule has 53 heavy (non-hydrogen) atoms. The first-order chi connectivity index (χ1) is 26.3. The predicted octanol–water partition coefficient (Wildman–Crippen LogP) is 12.7. The molecule has 7 aromatic carbocycles. The Balaban J connectivity index is 1.26. The molecule has 0 atom stereocenters. The normalized spacial score (nSPS) is 12.7. The average molecular weight is 675 g/mol. The van der Waals surface area contributed by atoms with E-state index in [0.29, 0.717) is 0 Å². The minimum absolute atomic E-state index is 0.470. The van der Waals surface area contributed by atoms with E-state index in [1.54, 1.807) is 0 Å². The summed E-state index contributed by atoms with van der Waals surface area (Å²) in [6.45, 7) is 0. The SMILES string of the molecule is c1ccc(-c2cc(-c3ccccn3)nc3c(-c4ccccc4-c4cccc5c4-c4ccccc4C5(c4ccccc4)c4ccccc4)cccc23)cc1. The van der Waals surface area contributed by atoms with Gasteiger partial charge in [-0.15, -0.1) is 0 Å². The Bertz CT molecular complexity index is 2720. The van der Waals surface area contributed by atoms with Crippen molar-refractivity contribution in [3.63, 3.8) is 0 Å². The number of fused-ring (bicyclic) bond motifs is 4. The van der Waals surface area contributed by atoms with Crippen LogP contribution in [0.15, 0.2) is 206 Å². The number of hydrogen-bond acceptors (Lipinski definition) is 2. The van der Waals surface area contributed by atoms with Gasteiger partial charge in [-0.25, -0.2) is 4.98 Å². The van der Waals surface area contributed by atoms with Gasteiger partial charge in [-0.05, 0) is 79.4 Å². The highest BCUT2D eigenvalue weighted by molar-refractivity contribution is 6.07. The molecular formula is C51H34N2. The van der Waals surface area contributed by atoms with Gasteiger partial charge in [-0.3, -0.25) is 4.98 Å². The van der Waals surface area contributed by atoms with Crippen LogP contribution in [-0.4, -0.2) is 9.97 Å². The zero-order valence-corrected chi connectivity index (χ0v) is 29.0. The Labute approximate surface area is 309 Å². The van der Waals surface area contributed by atoms with Crippen LogP contribution in [0.3, 0.4) is 0 Å². The van der Waals surface area contributed by atoms with E-state index in [1.807, 2.05) is 24.4 Å². The molecule has 0 bridgehead atoms. The number of para-hydroxylation sites is 1. The van der Waals surface area contributed by atoms with Gasteiger partial charge in [-0.1, -0.05) is 182 Å². The van der Waals surface area contributed by atoms with Gasteiger partial charge in [0.15, 0.2) is 0 Å². The van der Waals surface area contributed by atoms with Crippen LogP contribution in [0.25, 0.3) is 66.8 Å². The number of aromatic nitrogens is 2. The number of benzene rings is 7. The summed E-state index contributed by atoms with van der Waals surface area (Å²) >= 11 is 0. The molecule has 0 saturated heterocycles. The summed E-state index contributed by atoms with van der Waals surface area (Å²) in [5, 5.41) is 1.11. The maximum Gasteiger partial charge on any atom is 0.0900 e. The Morgan fingerprint density at radius 3 is 1.60 bits per heavy atom. The first-order valence-electron chi connectivity index (χ1n) is 18.2. The Morgan fingerprint density at radius 1 is 0.358 bits per heavy atom. The maximum absolute atomic E-state index is 5.39. The molecule has 2 heterocycles. The summed E-state index contributed by atoms with van der Waals surface area (Å²) in [6, 6.07) is 72.1. The number of pyridine rings is 2. The van der Waals surface area contributed by atoms with E-state index in [4.69, 9.17) is 9.97 Å². The van der Waals surface area contributed by atoms with E-state index < -0.39 is 5.41 Å². The molecule has 0 fully saturated rings. The highest BCUT2D eigenvalue weighted by Crippen LogP contribution is 2.58. The molecule has 0 N–H and O–H groups in total. The second kappa shape index (κ2) is 12.7. The topological polar surface area (TPSA) is 25.8 Å². The van der Waals surface area contributed by atoms with Gasteiger partial charge < -0.3 is 0 Å². The van der Waals surface area contributed by atoms with Crippen LogP contribution >= 0.6 is 0 Å². The molecule has 0 spiro atoms. The number of hydrogen-bond donors (Lipinski definition) is 0. The second-order valence-corrected chi connectivity index (χ2v) is 13.6. The van der Waals surface area contributed by atoms with Crippen LogP contribution < -0.4 is 0 Å². The van der Waals surface area contributed by atoms with E-state index >= 15 is 0 Å². The van der Waals surface area contributed by atoms with Gasteiger partial charge in [0.05, 0.1) is 22.3 Å². The molecule has 0 unspecified atom stereocenters. The van der Waals surface area contributed by atoms with E-state index in [1.165, 1.54) is 44.5 Å². The molecule has 0 radical (unpaired) electrons. The smallest absolute Gasteiger partial charge is 0.0900 e. The summed E-state index contributed by atoms with van der Waals surface area (Å²) in [5.74, 6) is 0. The molecule has 0 amide bonds. The molecular weight excluding hydrogens is 641 g/mol. The lowest BCUT2D eigenvalue weighted by molar-refractivity contribution is 0.768. The molecule has 248 valence electrons. The summed E-state index contributed by atoms with van der Waals surface area (Å²) in [6.07, 6.45) is 1.84. The van der Waals surface area contributed by atoms with Gasteiger partial charge in [0.1, 0.15) is 0 Å². The van der Waals surface area contributed by atoms with Crippen LogP contribution in [0.1, 0.15) is 22.3 Å². The van der Waals surface area contributed by atoms with Crippen molar-refractivity contribution in [2.24, 2.45) is 0 Å². The van der Waals surface area contributed by atoms with Crippen LogP contribution in [-0.2, 0) is 5.41 Å². The van der Waals surface area contributed by atoms with E-state index in [0.717, 1.165) is 44.5 Å². The standard InChI is InChI=1S/C51H34N2/c1-4-18-35(19-5-1)44-34-48(47-32-14-15-33-52-47)53-50-41(28-16-29-42(44)50)39-25-11-10-24-38(39)40-27-17-31-46-49(40)43-26-12-13-30-45(43)51(46,36-20-6-2-7-21-36)37-22-8-3-9-23-37/h1-34H. The highest BCUT2D eigenvalue weighted by Gasteiger charge is 2.46. The van der Waals surface area contributed by atoms with Gasteiger partial charge in [0, 0.05) is 17.1 Å².